The van der Waals surface area contributed by atoms with Gasteiger partial charge in [-0.1, -0.05) is 169 Å². The molecule has 0 unspecified atom stereocenters. The molecule has 0 saturated heterocycles. The maximum absolute atomic E-state index is 12.2. The number of hydrogen-bond acceptors (Lipinski definition) is 2. The highest BCUT2D eigenvalue weighted by Crippen LogP contribution is 2.39. The normalized spacial score (nSPS) is 19.6. The first-order chi connectivity index (χ1) is 28.8. The third-order valence-electron chi connectivity index (χ3n) is 12.3. The van der Waals surface area contributed by atoms with Gasteiger partial charge in [0.15, 0.2) is 0 Å². The molecule has 4 aromatic carbocycles. The van der Waals surface area contributed by atoms with Crippen molar-refractivity contribution in [3.8, 4) is 11.5 Å². The molecule has 0 atom stereocenters. The number of rotatable bonds is 19. The summed E-state index contributed by atoms with van der Waals surface area (Å²) in [7, 11) is 0. The molecule has 0 aromatic heterocycles. The summed E-state index contributed by atoms with van der Waals surface area (Å²) in [6, 6.07) is 31.1. The summed E-state index contributed by atoms with van der Waals surface area (Å²) in [4.78, 5) is 0. The highest BCUT2D eigenvalue weighted by Gasteiger charge is 2.23. The molecule has 2 aliphatic rings. The van der Waals surface area contributed by atoms with Crippen LogP contribution in [0.25, 0.3) is 24.3 Å². The van der Waals surface area contributed by atoms with Crippen molar-refractivity contribution in [2.45, 2.75) is 148 Å². The van der Waals surface area contributed by atoms with Gasteiger partial charge in [0.1, 0.15) is 11.5 Å². The van der Waals surface area contributed by atoms with Gasteiger partial charge in [0, 0.05) is 0 Å². The van der Waals surface area contributed by atoms with Crippen molar-refractivity contribution in [3.63, 3.8) is 0 Å². The third-order valence-corrected chi connectivity index (χ3v) is 12.3. The third kappa shape index (κ3) is 16.7. The van der Waals surface area contributed by atoms with E-state index in [9.17, 15) is 17.6 Å². The molecule has 2 fully saturated rings. The van der Waals surface area contributed by atoms with Crippen molar-refractivity contribution in [1.82, 2.24) is 0 Å². The molecule has 0 bridgehead atoms. The average Bonchev–Trinajstić information content (AvgIpc) is 3.25. The smallest absolute Gasteiger partial charge is 0.387 e. The molecule has 0 aliphatic heterocycles. The van der Waals surface area contributed by atoms with E-state index in [1.165, 1.54) is 120 Å². The fourth-order valence-corrected chi connectivity index (χ4v) is 8.78. The maximum Gasteiger partial charge on any atom is 0.387 e. The molecule has 0 heterocycles. The summed E-state index contributed by atoms with van der Waals surface area (Å²) in [5.74, 6) is 3.66. The minimum Gasteiger partial charge on any atom is -0.435 e. The Labute approximate surface area is 352 Å². The van der Waals surface area contributed by atoms with Gasteiger partial charge >= 0.3 is 13.2 Å². The van der Waals surface area contributed by atoms with E-state index in [-0.39, 0.29) is 11.5 Å². The molecule has 2 saturated carbocycles. The van der Waals surface area contributed by atoms with Gasteiger partial charge in [0.05, 0.1) is 0 Å². The van der Waals surface area contributed by atoms with Gasteiger partial charge in [-0.05, 0) is 133 Å². The Kier molecular flexibility index (Phi) is 19.6. The molecule has 2 aliphatic carbocycles. The number of hydrogen-bond donors (Lipinski definition) is 0. The van der Waals surface area contributed by atoms with Gasteiger partial charge in [0.2, 0.25) is 0 Å². The highest BCUT2D eigenvalue weighted by atomic mass is 19.3. The summed E-state index contributed by atoms with van der Waals surface area (Å²) >= 11 is 0. The van der Waals surface area contributed by atoms with Crippen LogP contribution in [0.2, 0.25) is 0 Å². The zero-order valence-electron chi connectivity index (χ0n) is 35.4. The van der Waals surface area contributed by atoms with Gasteiger partial charge in [-0.15, -0.1) is 0 Å². The lowest BCUT2D eigenvalue weighted by molar-refractivity contribution is -0.0505. The predicted molar refractivity (Wildman–Crippen MR) is 239 cm³/mol. The largest absolute Gasteiger partial charge is 0.435 e. The molecule has 2 nitrogen and oxygen atoms in total. The summed E-state index contributed by atoms with van der Waals surface area (Å²) in [5.41, 5.74) is 7.13. The van der Waals surface area contributed by atoms with E-state index in [4.69, 9.17) is 0 Å². The van der Waals surface area contributed by atoms with Gasteiger partial charge < -0.3 is 9.47 Å². The SMILES string of the molecule is CCCCCC1CCC(c2ccc(C=Cc3ccc(OC(F)F)cc3)cc2)CC1.CCCCCCC1CCC(c2ccc(C=Cc3ccc(OC(F)F)cc3)cc2)CC1. The van der Waals surface area contributed by atoms with E-state index in [1.807, 2.05) is 12.2 Å². The molecule has 0 N–H and O–H groups in total. The van der Waals surface area contributed by atoms with E-state index in [0.29, 0.717) is 11.8 Å². The second-order valence-corrected chi connectivity index (χ2v) is 16.7. The zero-order chi connectivity index (χ0) is 41.7. The van der Waals surface area contributed by atoms with Crippen LogP contribution in [0.1, 0.15) is 168 Å². The fraction of sp³-hybridized carbons (Fsp3) is 0.472. The van der Waals surface area contributed by atoms with Gasteiger partial charge in [-0.25, -0.2) is 0 Å². The molecular formula is C53H66F4O2. The van der Waals surface area contributed by atoms with E-state index in [1.54, 1.807) is 48.5 Å². The molecule has 4 aromatic rings. The molecule has 0 radical (unpaired) electrons. The maximum atomic E-state index is 12.2. The van der Waals surface area contributed by atoms with Crippen LogP contribution in [0.15, 0.2) is 97.1 Å². The molecule has 0 spiro atoms. The van der Waals surface area contributed by atoms with Crippen LogP contribution in [0.5, 0.6) is 11.5 Å². The van der Waals surface area contributed by atoms with Crippen LogP contribution in [0.3, 0.4) is 0 Å². The number of halogens is 4. The first kappa shape index (κ1) is 45.8. The topological polar surface area (TPSA) is 18.5 Å². The lowest BCUT2D eigenvalue weighted by Gasteiger charge is -2.29. The van der Waals surface area contributed by atoms with Crippen molar-refractivity contribution >= 4 is 24.3 Å². The summed E-state index contributed by atoms with van der Waals surface area (Å²) < 4.78 is 57.6. The highest BCUT2D eigenvalue weighted by molar-refractivity contribution is 5.70. The molecule has 6 heteroatoms. The number of alkyl halides is 4. The number of ether oxygens (including phenoxy) is 2. The molecular weight excluding hydrogens is 745 g/mol. The number of unbranched alkanes of at least 4 members (excludes halogenated alkanes) is 5. The zero-order valence-corrected chi connectivity index (χ0v) is 35.4. The lowest BCUT2D eigenvalue weighted by Crippen LogP contribution is -2.13. The van der Waals surface area contributed by atoms with E-state index in [0.717, 1.165) is 34.1 Å². The molecule has 59 heavy (non-hydrogen) atoms. The Bertz CT molecular complexity index is 1770. The first-order valence-electron chi connectivity index (χ1n) is 22.4. The molecule has 318 valence electrons. The van der Waals surface area contributed by atoms with Crippen LogP contribution in [-0.4, -0.2) is 13.2 Å². The summed E-state index contributed by atoms with van der Waals surface area (Å²) in [6.45, 7) is -1.02. The van der Waals surface area contributed by atoms with Gasteiger partial charge in [-0.3, -0.25) is 0 Å². The van der Waals surface area contributed by atoms with E-state index in [2.05, 4.69) is 84.0 Å². The van der Waals surface area contributed by atoms with Crippen LogP contribution in [0.4, 0.5) is 17.6 Å². The first-order valence-corrected chi connectivity index (χ1v) is 22.4. The Balaban J connectivity index is 0.000000224. The molecule has 0 amide bonds. The second-order valence-electron chi connectivity index (χ2n) is 16.7. The van der Waals surface area contributed by atoms with Crippen molar-refractivity contribution in [3.05, 3.63) is 130 Å². The Morgan fingerprint density at radius 3 is 1.05 bits per heavy atom. The standard InChI is InChI=1S/C27H34F2O.C26H32F2O/c1-2-3-4-5-6-21-9-15-24(16-10-21)25-17-11-22(12-18-25)7-8-23-13-19-26(20-14-23)30-27(28)29;1-2-3-4-5-20-8-14-23(15-9-20)24-16-10-21(11-17-24)6-7-22-12-18-25(19-13-22)29-26(27)28/h7-8,11-14,17-21,24,27H,2-6,9-10,15-16H2,1H3;6-7,10-13,16-20,23,26H,2-5,8-9,14-15H2,1H3. The van der Waals surface area contributed by atoms with E-state index < -0.39 is 13.2 Å². The minimum atomic E-state index is -2.79. The quantitative estimate of drug-likeness (QED) is 0.0534. The second kappa shape index (κ2) is 25.3. The summed E-state index contributed by atoms with van der Waals surface area (Å²) in [6.07, 6.45) is 31.3. The van der Waals surface area contributed by atoms with E-state index >= 15 is 0 Å². The van der Waals surface area contributed by atoms with Gasteiger partial charge in [-0.2, -0.15) is 17.6 Å². The lowest BCUT2D eigenvalue weighted by atomic mass is 9.77. The van der Waals surface area contributed by atoms with Crippen molar-refractivity contribution < 1.29 is 27.0 Å². The van der Waals surface area contributed by atoms with Crippen LogP contribution < -0.4 is 9.47 Å². The van der Waals surface area contributed by atoms with Crippen LogP contribution in [-0.2, 0) is 0 Å². The summed E-state index contributed by atoms with van der Waals surface area (Å²) in [5, 5.41) is 0. The number of benzene rings is 4. The van der Waals surface area contributed by atoms with Crippen molar-refractivity contribution in [2.24, 2.45) is 11.8 Å². The average molecular weight is 811 g/mol. The van der Waals surface area contributed by atoms with Crippen molar-refractivity contribution in [2.75, 3.05) is 0 Å². The minimum absolute atomic E-state index is 0.182. The van der Waals surface area contributed by atoms with Crippen molar-refractivity contribution in [1.29, 1.82) is 0 Å². The fourth-order valence-electron chi connectivity index (χ4n) is 8.78. The van der Waals surface area contributed by atoms with Crippen LogP contribution in [0, 0.1) is 11.8 Å². The van der Waals surface area contributed by atoms with Crippen LogP contribution >= 0.6 is 0 Å². The van der Waals surface area contributed by atoms with Gasteiger partial charge in [0.25, 0.3) is 0 Å². The monoisotopic (exact) mass is 810 g/mol. The Morgan fingerprint density at radius 2 is 0.729 bits per heavy atom. The Morgan fingerprint density at radius 1 is 0.424 bits per heavy atom. The molecule has 6 rings (SSSR count). The predicted octanol–water partition coefficient (Wildman–Crippen LogP) is 17.0. The Hall–Kier alpha value is -4.32.